The Balaban J connectivity index is 2.96. The van der Waals surface area contributed by atoms with Crippen LogP contribution in [0.4, 0.5) is 0 Å². The first-order valence-electron chi connectivity index (χ1n) is 6.44. The van der Waals surface area contributed by atoms with Gasteiger partial charge in [-0.15, -0.1) is 11.6 Å². The van der Waals surface area contributed by atoms with E-state index in [9.17, 15) is 4.79 Å². The average molecular weight is 249 g/mol. The summed E-state index contributed by atoms with van der Waals surface area (Å²) < 4.78 is 4.58. The van der Waals surface area contributed by atoms with Crippen LogP contribution < -0.4 is 0 Å². The Morgan fingerprint density at radius 2 is 1.31 bits per heavy atom. The van der Waals surface area contributed by atoms with Crippen molar-refractivity contribution in [2.24, 2.45) is 0 Å². The number of carbonyl (C=O) groups is 1. The minimum atomic E-state index is -0.0823. The Morgan fingerprint density at radius 3 is 1.75 bits per heavy atom. The van der Waals surface area contributed by atoms with Crippen LogP contribution in [0.1, 0.15) is 64.2 Å². The average Bonchev–Trinajstić information content (AvgIpc) is 2.31. The quantitative estimate of drug-likeness (QED) is 0.310. The lowest BCUT2D eigenvalue weighted by Crippen LogP contribution is -1.99. The Kier molecular flexibility index (Phi) is 12.6. The van der Waals surface area contributed by atoms with E-state index in [0.717, 1.165) is 25.1 Å². The van der Waals surface area contributed by atoms with Gasteiger partial charge in [-0.25, -0.2) is 0 Å². The molecule has 96 valence electrons. The molecule has 0 N–H and O–H groups in total. The number of ether oxygens (including phenoxy) is 1. The summed E-state index contributed by atoms with van der Waals surface area (Å²) in [7, 11) is 1.45. The van der Waals surface area contributed by atoms with Gasteiger partial charge in [-0.1, -0.05) is 44.9 Å². The molecule has 0 saturated heterocycles. The van der Waals surface area contributed by atoms with Crippen molar-refractivity contribution in [3.63, 3.8) is 0 Å². The Morgan fingerprint density at radius 1 is 0.875 bits per heavy atom. The summed E-state index contributed by atoms with van der Waals surface area (Å²) in [4.78, 5) is 10.8. The van der Waals surface area contributed by atoms with Gasteiger partial charge in [0.2, 0.25) is 0 Å². The number of carbonyl (C=O) groups excluding carboxylic acids is 1. The first-order valence-corrected chi connectivity index (χ1v) is 6.97. The normalized spacial score (nSPS) is 10.4. The summed E-state index contributed by atoms with van der Waals surface area (Å²) in [6.07, 6.45) is 11.6. The van der Waals surface area contributed by atoms with E-state index >= 15 is 0 Å². The van der Waals surface area contributed by atoms with E-state index in [4.69, 9.17) is 11.6 Å². The molecule has 0 spiro atoms. The molecular weight excluding hydrogens is 224 g/mol. The molecule has 0 unspecified atom stereocenters. The highest BCUT2D eigenvalue weighted by molar-refractivity contribution is 6.17. The van der Waals surface area contributed by atoms with E-state index in [1.54, 1.807) is 0 Å². The van der Waals surface area contributed by atoms with E-state index in [1.165, 1.54) is 45.6 Å². The van der Waals surface area contributed by atoms with E-state index in [2.05, 4.69) is 4.74 Å². The van der Waals surface area contributed by atoms with Crippen LogP contribution in [0, 0.1) is 0 Å². The SMILES string of the molecule is COC(=O)CCCCCCCCCCCCl. The third-order valence-electron chi connectivity index (χ3n) is 2.74. The molecule has 0 bridgehead atoms. The highest BCUT2D eigenvalue weighted by Crippen LogP contribution is 2.10. The zero-order valence-electron chi connectivity index (χ0n) is 10.5. The number of rotatable bonds is 11. The van der Waals surface area contributed by atoms with Gasteiger partial charge in [0, 0.05) is 12.3 Å². The van der Waals surface area contributed by atoms with Gasteiger partial charge >= 0.3 is 5.97 Å². The molecule has 0 radical (unpaired) electrons. The largest absolute Gasteiger partial charge is 0.469 e. The molecule has 0 atom stereocenters. The molecule has 0 saturated carbocycles. The summed E-state index contributed by atoms with van der Waals surface area (Å²) in [5.74, 6) is 0.717. The summed E-state index contributed by atoms with van der Waals surface area (Å²) in [6.45, 7) is 0. The maximum Gasteiger partial charge on any atom is 0.305 e. The van der Waals surface area contributed by atoms with E-state index in [-0.39, 0.29) is 5.97 Å². The molecule has 0 aliphatic heterocycles. The predicted molar refractivity (Wildman–Crippen MR) is 68.9 cm³/mol. The third kappa shape index (κ3) is 11.8. The number of alkyl halides is 1. The summed E-state index contributed by atoms with van der Waals surface area (Å²) in [5.41, 5.74) is 0. The lowest BCUT2D eigenvalue weighted by atomic mass is 10.1. The Hall–Kier alpha value is -0.240. The second kappa shape index (κ2) is 12.8. The van der Waals surface area contributed by atoms with Crippen LogP contribution in [0.2, 0.25) is 0 Å². The number of hydrogen-bond donors (Lipinski definition) is 0. The van der Waals surface area contributed by atoms with Crippen molar-refractivity contribution < 1.29 is 9.53 Å². The van der Waals surface area contributed by atoms with Gasteiger partial charge in [0.15, 0.2) is 0 Å². The molecule has 2 nitrogen and oxygen atoms in total. The predicted octanol–water partition coefficient (Wildman–Crippen LogP) is 4.30. The van der Waals surface area contributed by atoms with Gasteiger partial charge in [-0.2, -0.15) is 0 Å². The van der Waals surface area contributed by atoms with Crippen molar-refractivity contribution in [3.05, 3.63) is 0 Å². The first kappa shape index (κ1) is 15.8. The van der Waals surface area contributed by atoms with E-state index < -0.39 is 0 Å². The third-order valence-corrected chi connectivity index (χ3v) is 3.01. The van der Waals surface area contributed by atoms with Crippen LogP contribution in [0.5, 0.6) is 0 Å². The molecule has 0 fully saturated rings. The molecule has 0 aromatic heterocycles. The minimum absolute atomic E-state index is 0.0823. The van der Waals surface area contributed by atoms with Gasteiger partial charge in [0.05, 0.1) is 7.11 Å². The van der Waals surface area contributed by atoms with Gasteiger partial charge in [-0.3, -0.25) is 4.79 Å². The summed E-state index contributed by atoms with van der Waals surface area (Å²) in [5, 5.41) is 0. The molecule has 0 aliphatic carbocycles. The van der Waals surface area contributed by atoms with Crippen LogP contribution in [-0.2, 0) is 9.53 Å². The topological polar surface area (TPSA) is 26.3 Å². The first-order chi connectivity index (χ1) is 7.81. The lowest BCUT2D eigenvalue weighted by Gasteiger charge is -2.01. The zero-order valence-corrected chi connectivity index (χ0v) is 11.2. The lowest BCUT2D eigenvalue weighted by molar-refractivity contribution is -0.140. The maximum absolute atomic E-state index is 10.8. The molecule has 0 amide bonds. The van der Waals surface area contributed by atoms with E-state index in [1.807, 2.05) is 0 Å². The molecule has 0 heterocycles. The second-order valence-corrected chi connectivity index (χ2v) is 4.58. The van der Waals surface area contributed by atoms with Crippen LogP contribution in [0.15, 0.2) is 0 Å². The standard InChI is InChI=1S/C13H25ClO2/c1-16-13(15)11-9-7-5-3-2-4-6-8-10-12-14/h2-12H2,1H3. The molecule has 0 aliphatic rings. The van der Waals surface area contributed by atoms with Crippen molar-refractivity contribution in [1.29, 1.82) is 0 Å². The van der Waals surface area contributed by atoms with Crippen molar-refractivity contribution in [3.8, 4) is 0 Å². The number of methoxy groups -OCH3 is 1. The van der Waals surface area contributed by atoms with Crippen LogP contribution in [0.25, 0.3) is 0 Å². The van der Waals surface area contributed by atoms with Crippen molar-refractivity contribution in [2.45, 2.75) is 64.2 Å². The monoisotopic (exact) mass is 248 g/mol. The fourth-order valence-electron chi connectivity index (χ4n) is 1.70. The smallest absolute Gasteiger partial charge is 0.305 e. The number of unbranched alkanes of at least 4 members (excludes halogenated alkanes) is 8. The van der Waals surface area contributed by atoms with Crippen molar-refractivity contribution in [2.75, 3.05) is 13.0 Å². The number of halogens is 1. The molecular formula is C13H25ClO2. The Labute approximate surface area is 105 Å². The Bertz CT molecular complexity index is 160. The van der Waals surface area contributed by atoms with Gasteiger partial charge in [-0.05, 0) is 12.8 Å². The fourth-order valence-corrected chi connectivity index (χ4v) is 1.89. The summed E-state index contributed by atoms with van der Waals surface area (Å²) in [6, 6.07) is 0. The highest BCUT2D eigenvalue weighted by atomic mass is 35.5. The maximum atomic E-state index is 10.8. The zero-order chi connectivity index (χ0) is 12.1. The fraction of sp³-hybridized carbons (Fsp3) is 0.923. The van der Waals surface area contributed by atoms with Crippen LogP contribution in [-0.4, -0.2) is 19.0 Å². The van der Waals surface area contributed by atoms with Crippen LogP contribution >= 0.6 is 11.6 Å². The molecule has 3 heteroatoms. The summed E-state index contributed by atoms with van der Waals surface area (Å²) >= 11 is 5.60. The number of esters is 1. The van der Waals surface area contributed by atoms with Gasteiger partial charge in [0.25, 0.3) is 0 Å². The van der Waals surface area contributed by atoms with Gasteiger partial charge < -0.3 is 4.74 Å². The van der Waals surface area contributed by atoms with Crippen molar-refractivity contribution in [1.82, 2.24) is 0 Å². The second-order valence-electron chi connectivity index (χ2n) is 4.20. The van der Waals surface area contributed by atoms with Crippen molar-refractivity contribution >= 4 is 17.6 Å². The van der Waals surface area contributed by atoms with Crippen LogP contribution in [0.3, 0.4) is 0 Å². The van der Waals surface area contributed by atoms with E-state index in [0.29, 0.717) is 6.42 Å². The molecule has 16 heavy (non-hydrogen) atoms. The van der Waals surface area contributed by atoms with Gasteiger partial charge in [0.1, 0.15) is 0 Å². The number of hydrogen-bond acceptors (Lipinski definition) is 2. The molecule has 0 aromatic carbocycles. The minimum Gasteiger partial charge on any atom is -0.469 e. The highest BCUT2D eigenvalue weighted by Gasteiger charge is 1.98. The molecule has 0 rings (SSSR count). The molecule has 0 aromatic rings.